The van der Waals surface area contributed by atoms with Gasteiger partial charge in [-0.2, -0.15) is 0 Å². The van der Waals surface area contributed by atoms with E-state index < -0.39 is 0 Å². The van der Waals surface area contributed by atoms with Crippen molar-refractivity contribution in [3.8, 4) is 0 Å². The lowest BCUT2D eigenvalue weighted by atomic mass is 10.1. The van der Waals surface area contributed by atoms with E-state index in [1.54, 1.807) is 6.20 Å². The smallest absolute Gasteiger partial charge is 0.150 e. The first kappa shape index (κ1) is 9.65. The fourth-order valence-corrected chi connectivity index (χ4v) is 1.47. The Labute approximate surface area is 88.4 Å². The zero-order valence-corrected chi connectivity index (χ0v) is 8.55. The van der Waals surface area contributed by atoms with Crippen LogP contribution in [0.25, 0.3) is 0 Å². The highest BCUT2D eigenvalue weighted by Gasteiger charge is 1.98. The Bertz CT molecular complexity index is 457. The predicted octanol–water partition coefficient (Wildman–Crippen LogP) is 2.05. The van der Waals surface area contributed by atoms with Crippen LogP contribution in [-0.4, -0.2) is 15.8 Å². The summed E-state index contributed by atoms with van der Waals surface area (Å²) in [7, 11) is 0. The van der Waals surface area contributed by atoms with Crippen molar-refractivity contribution in [3.63, 3.8) is 0 Å². The topological polar surface area (TPSA) is 34.9 Å². The third-order valence-corrected chi connectivity index (χ3v) is 2.39. The van der Waals surface area contributed by atoms with Gasteiger partial charge in [0.05, 0.1) is 0 Å². The molecule has 3 heteroatoms. The van der Waals surface area contributed by atoms with Gasteiger partial charge in [0.25, 0.3) is 0 Å². The highest BCUT2D eigenvalue weighted by atomic mass is 16.1. The molecule has 2 rings (SSSR count). The van der Waals surface area contributed by atoms with E-state index in [0.717, 1.165) is 18.7 Å². The number of hydrogen-bond acceptors (Lipinski definition) is 2. The summed E-state index contributed by atoms with van der Waals surface area (Å²) in [6.07, 6.45) is 4.59. The lowest BCUT2D eigenvalue weighted by molar-refractivity contribution is 0.112. The normalized spacial score (nSPS) is 10.2. The van der Waals surface area contributed by atoms with Crippen molar-refractivity contribution in [2.24, 2.45) is 0 Å². The second kappa shape index (κ2) is 4.09. The van der Waals surface area contributed by atoms with Crippen molar-refractivity contribution in [2.45, 2.75) is 13.5 Å². The number of hydrogen-bond donors (Lipinski definition) is 0. The maximum atomic E-state index is 10.5. The van der Waals surface area contributed by atoms with Gasteiger partial charge in [-0.15, -0.1) is 0 Å². The second-order valence-electron chi connectivity index (χ2n) is 3.46. The molecule has 15 heavy (non-hydrogen) atoms. The van der Waals surface area contributed by atoms with E-state index in [9.17, 15) is 4.79 Å². The lowest BCUT2D eigenvalue weighted by Gasteiger charge is -2.04. The number of carbonyl (C=O) groups is 1. The van der Waals surface area contributed by atoms with Crippen LogP contribution in [0.15, 0.2) is 36.7 Å². The number of carbonyl (C=O) groups excluding carboxylic acids is 1. The van der Waals surface area contributed by atoms with E-state index in [4.69, 9.17) is 0 Å². The summed E-state index contributed by atoms with van der Waals surface area (Å²) in [6.45, 7) is 2.77. The summed E-state index contributed by atoms with van der Waals surface area (Å²) in [5.74, 6) is 0.995. The monoisotopic (exact) mass is 200 g/mol. The van der Waals surface area contributed by atoms with E-state index in [1.165, 1.54) is 5.56 Å². The molecule has 1 aromatic carbocycles. The number of benzene rings is 1. The molecule has 0 radical (unpaired) electrons. The Kier molecular flexibility index (Phi) is 2.63. The van der Waals surface area contributed by atoms with E-state index in [-0.39, 0.29) is 0 Å². The van der Waals surface area contributed by atoms with Gasteiger partial charge in [0.15, 0.2) is 0 Å². The van der Waals surface area contributed by atoms with Crippen LogP contribution >= 0.6 is 0 Å². The van der Waals surface area contributed by atoms with Gasteiger partial charge in [0.1, 0.15) is 12.1 Å². The van der Waals surface area contributed by atoms with Crippen LogP contribution in [-0.2, 0) is 6.54 Å². The average molecular weight is 200 g/mol. The number of nitrogens with zero attached hydrogens (tertiary/aromatic N) is 2. The summed E-state index contributed by atoms with van der Waals surface area (Å²) in [5.41, 5.74) is 1.88. The molecule has 1 aromatic heterocycles. The number of aldehydes is 1. The summed E-state index contributed by atoms with van der Waals surface area (Å²) in [6, 6.07) is 7.58. The van der Waals surface area contributed by atoms with Gasteiger partial charge in [0, 0.05) is 24.5 Å². The fraction of sp³-hybridized carbons (Fsp3) is 0.167. The zero-order valence-electron chi connectivity index (χ0n) is 8.55. The minimum absolute atomic E-state index is 0.709. The molecule has 1 heterocycles. The molecule has 0 aliphatic rings. The first-order valence-electron chi connectivity index (χ1n) is 4.81. The molecule has 0 unspecified atom stereocenters. The molecule has 0 bridgehead atoms. The van der Waals surface area contributed by atoms with E-state index in [1.807, 2.05) is 37.4 Å². The minimum atomic E-state index is 0.709. The van der Waals surface area contributed by atoms with Crippen LogP contribution in [0.2, 0.25) is 0 Å². The molecule has 0 aliphatic carbocycles. The Balaban J connectivity index is 2.18. The molecule has 0 fully saturated rings. The first-order valence-corrected chi connectivity index (χ1v) is 4.81. The Hall–Kier alpha value is -1.90. The molecule has 0 saturated heterocycles. The van der Waals surface area contributed by atoms with E-state index in [2.05, 4.69) is 9.55 Å². The van der Waals surface area contributed by atoms with Crippen LogP contribution in [0.3, 0.4) is 0 Å². The highest BCUT2D eigenvalue weighted by molar-refractivity contribution is 5.74. The van der Waals surface area contributed by atoms with Gasteiger partial charge in [-0.25, -0.2) is 4.98 Å². The van der Waals surface area contributed by atoms with Gasteiger partial charge in [-0.05, 0) is 12.5 Å². The Morgan fingerprint density at radius 2 is 2.07 bits per heavy atom. The molecule has 2 aromatic rings. The number of aryl methyl sites for hydroxylation is 1. The minimum Gasteiger partial charge on any atom is -0.331 e. The second-order valence-corrected chi connectivity index (χ2v) is 3.46. The number of rotatable bonds is 3. The van der Waals surface area contributed by atoms with Crippen molar-refractivity contribution in [1.82, 2.24) is 9.55 Å². The van der Waals surface area contributed by atoms with Crippen molar-refractivity contribution in [2.75, 3.05) is 0 Å². The quantitative estimate of drug-likeness (QED) is 0.711. The maximum absolute atomic E-state index is 10.5. The number of aromatic nitrogens is 2. The van der Waals surface area contributed by atoms with Gasteiger partial charge in [-0.1, -0.05) is 24.3 Å². The molecule has 0 aliphatic heterocycles. The molecule has 76 valence electrons. The number of imidazole rings is 1. The van der Waals surface area contributed by atoms with Gasteiger partial charge in [-0.3, -0.25) is 4.79 Å². The fourth-order valence-electron chi connectivity index (χ4n) is 1.47. The third kappa shape index (κ3) is 2.13. The molecule has 0 N–H and O–H groups in total. The van der Waals surface area contributed by atoms with Crippen LogP contribution in [0, 0.1) is 6.92 Å². The molecule has 0 amide bonds. The summed E-state index contributed by atoms with van der Waals surface area (Å²) >= 11 is 0. The SMILES string of the molecule is Cc1nccn1Cc1ccc(C=O)cc1. The first-order chi connectivity index (χ1) is 7.29. The summed E-state index contributed by atoms with van der Waals surface area (Å²) in [5, 5.41) is 0. The van der Waals surface area contributed by atoms with E-state index >= 15 is 0 Å². The Morgan fingerprint density at radius 1 is 1.33 bits per heavy atom. The van der Waals surface area contributed by atoms with Crippen molar-refractivity contribution in [1.29, 1.82) is 0 Å². The molecule has 3 nitrogen and oxygen atoms in total. The zero-order chi connectivity index (χ0) is 10.7. The van der Waals surface area contributed by atoms with Gasteiger partial charge >= 0.3 is 0 Å². The lowest BCUT2D eigenvalue weighted by Crippen LogP contribution is -2.00. The third-order valence-electron chi connectivity index (χ3n) is 2.39. The van der Waals surface area contributed by atoms with Crippen LogP contribution in [0.1, 0.15) is 21.7 Å². The van der Waals surface area contributed by atoms with Gasteiger partial charge < -0.3 is 4.57 Å². The maximum Gasteiger partial charge on any atom is 0.150 e. The predicted molar refractivity (Wildman–Crippen MR) is 57.9 cm³/mol. The van der Waals surface area contributed by atoms with Crippen molar-refractivity contribution in [3.05, 3.63) is 53.6 Å². The molecular weight excluding hydrogens is 188 g/mol. The van der Waals surface area contributed by atoms with Crippen molar-refractivity contribution >= 4 is 6.29 Å². The van der Waals surface area contributed by atoms with Gasteiger partial charge in [0.2, 0.25) is 0 Å². The van der Waals surface area contributed by atoms with Crippen molar-refractivity contribution < 1.29 is 4.79 Å². The summed E-state index contributed by atoms with van der Waals surface area (Å²) < 4.78 is 2.07. The molecular formula is C12H12N2O. The Morgan fingerprint density at radius 3 is 2.60 bits per heavy atom. The van der Waals surface area contributed by atoms with E-state index in [0.29, 0.717) is 5.56 Å². The van der Waals surface area contributed by atoms with Crippen LogP contribution in [0.5, 0.6) is 0 Å². The molecule has 0 atom stereocenters. The standard InChI is InChI=1S/C12H12N2O/c1-10-13-6-7-14(10)8-11-2-4-12(9-15)5-3-11/h2-7,9H,8H2,1H3. The largest absolute Gasteiger partial charge is 0.331 e. The highest BCUT2D eigenvalue weighted by Crippen LogP contribution is 2.06. The van der Waals surface area contributed by atoms with Crippen LogP contribution < -0.4 is 0 Å². The molecule has 0 spiro atoms. The molecule has 0 saturated carbocycles. The summed E-state index contributed by atoms with van der Waals surface area (Å²) in [4.78, 5) is 14.6. The average Bonchev–Trinajstić information content (AvgIpc) is 2.66. The van der Waals surface area contributed by atoms with Crippen LogP contribution in [0.4, 0.5) is 0 Å².